The van der Waals surface area contributed by atoms with Gasteiger partial charge in [-0.3, -0.25) is 0 Å². The van der Waals surface area contributed by atoms with Crippen molar-refractivity contribution >= 4 is 11.3 Å². The molecule has 1 unspecified atom stereocenters. The second-order valence-corrected chi connectivity index (χ2v) is 7.10. The van der Waals surface area contributed by atoms with E-state index in [0.29, 0.717) is 18.0 Å². The molecule has 1 aliphatic heterocycles. The second-order valence-electron chi connectivity index (χ2n) is 5.64. The summed E-state index contributed by atoms with van der Waals surface area (Å²) in [5.74, 6) is 0.626. The fourth-order valence-corrected chi connectivity index (χ4v) is 3.69. The third kappa shape index (κ3) is 3.34. The molecule has 1 N–H and O–H groups in total. The van der Waals surface area contributed by atoms with Crippen LogP contribution in [0.5, 0.6) is 0 Å². The van der Waals surface area contributed by atoms with Gasteiger partial charge in [-0.15, -0.1) is 11.3 Å². The molecular weight excluding hydrogens is 242 g/mol. The fourth-order valence-electron chi connectivity index (χ4n) is 2.72. The number of ether oxygens (including phenoxy) is 1. The maximum Gasteiger partial charge on any atom is 0.0480 e. The molecule has 0 aromatic carbocycles. The molecule has 0 bridgehead atoms. The first-order valence-electron chi connectivity index (χ1n) is 6.98. The summed E-state index contributed by atoms with van der Waals surface area (Å²) in [6, 6.07) is 3.46. The summed E-state index contributed by atoms with van der Waals surface area (Å²) >= 11 is 1.91. The topological polar surface area (TPSA) is 21.3 Å². The van der Waals surface area contributed by atoms with Crippen molar-refractivity contribution in [3.8, 4) is 0 Å². The van der Waals surface area contributed by atoms with Crippen molar-refractivity contribution in [3.63, 3.8) is 0 Å². The van der Waals surface area contributed by atoms with Crippen LogP contribution in [0.25, 0.3) is 0 Å². The number of aryl methyl sites for hydroxylation is 2. The van der Waals surface area contributed by atoms with Crippen molar-refractivity contribution in [1.82, 2.24) is 5.32 Å². The molecule has 2 nitrogen and oxygen atoms in total. The van der Waals surface area contributed by atoms with Gasteiger partial charge in [0.2, 0.25) is 0 Å². The van der Waals surface area contributed by atoms with Crippen LogP contribution < -0.4 is 5.32 Å². The molecule has 1 aromatic rings. The largest absolute Gasteiger partial charge is 0.381 e. The van der Waals surface area contributed by atoms with Crippen LogP contribution >= 0.6 is 11.3 Å². The van der Waals surface area contributed by atoms with Gasteiger partial charge in [-0.05, 0) is 44.2 Å². The summed E-state index contributed by atoms with van der Waals surface area (Å²) < 4.78 is 5.44. The third-order valence-corrected chi connectivity index (χ3v) is 4.70. The first kappa shape index (κ1) is 14.0. The van der Waals surface area contributed by atoms with Gasteiger partial charge in [0.1, 0.15) is 0 Å². The lowest BCUT2D eigenvalue weighted by molar-refractivity contribution is 0.0728. The Balaban J connectivity index is 2.10. The fraction of sp³-hybridized carbons (Fsp3) is 0.733. The van der Waals surface area contributed by atoms with Crippen LogP contribution in [0.1, 0.15) is 48.0 Å². The monoisotopic (exact) mass is 267 g/mol. The van der Waals surface area contributed by atoms with E-state index in [2.05, 4.69) is 39.1 Å². The molecule has 0 aliphatic carbocycles. The summed E-state index contributed by atoms with van der Waals surface area (Å²) in [5, 5.41) is 3.85. The SMILES string of the molecule is Cc1cc(C(NC2CCOCC2)C(C)C)c(C)s1. The van der Waals surface area contributed by atoms with Gasteiger partial charge >= 0.3 is 0 Å². The lowest BCUT2D eigenvalue weighted by Gasteiger charge is -2.31. The molecule has 0 saturated carbocycles. The van der Waals surface area contributed by atoms with Gasteiger partial charge in [0.15, 0.2) is 0 Å². The predicted octanol–water partition coefficient (Wildman–Crippen LogP) is 3.83. The summed E-state index contributed by atoms with van der Waals surface area (Å²) in [6.07, 6.45) is 2.29. The van der Waals surface area contributed by atoms with E-state index < -0.39 is 0 Å². The van der Waals surface area contributed by atoms with Crippen molar-refractivity contribution in [1.29, 1.82) is 0 Å². The summed E-state index contributed by atoms with van der Waals surface area (Å²) in [4.78, 5) is 2.88. The average Bonchev–Trinajstić information content (AvgIpc) is 2.66. The molecular formula is C15H25NOS. The molecule has 3 heteroatoms. The second kappa shape index (κ2) is 6.18. The zero-order chi connectivity index (χ0) is 13.1. The quantitative estimate of drug-likeness (QED) is 0.895. The molecule has 18 heavy (non-hydrogen) atoms. The van der Waals surface area contributed by atoms with Crippen molar-refractivity contribution < 1.29 is 4.74 Å². The zero-order valence-electron chi connectivity index (χ0n) is 12.0. The van der Waals surface area contributed by atoms with E-state index in [1.807, 2.05) is 11.3 Å². The van der Waals surface area contributed by atoms with E-state index in [9.17, 15) is 0 Å². The molecule has 1 atom stereocenters. The molecule has 102 valence electrons. The van der Waals surface area contributed by atoms with Crippen LogP contribution in [0.2, 0.25) is 0 Å². The van der Waals surface area contributed by atoms with Crippen molar-refractivity contribution in [2.45, 2.75) is 52.6 Å². The first-order valence-corrected chi connectivity index (χ1v) is 7.80. The highest BCUT2D eigenvalue weighted by molar-refractivity contribution is 7.12. The number of hydrogen-bond donors (Lipinski definition) is 1. The van der Waals surface area contributed by atoms with E-state index >= 15 is 0 Å². The number of rotatable bonds is 4. The van der Waals surface area contributed by atoms with Crippen LogP contribution in [0.4, 0.5) is 0 Å². The Morgan fingerprint density at radius 2 is 1.94 bits per heavy atom. The minimum Gasteiger partial charge on any atom is -0.381 e. The smallest absolute Gasteiger partial charge is 0.0480 e. The van der Waals surface area contributed by atoms with E-state index in [1.54, 1.807) is 0 Å². The van der Waals surface area contributed by atoms with Gasteiger partial charge in [-0.1, -0.05) is 13.8 Å². The Morgan fingerprint density at radius 1 is 1.28 bits per heavy atom. The zero-order valence-corrected chi connectivity index (χ0v) is 12.8. The lowest BCUT2D eigenvalue weighted by Crippen LogP contribution is -2.39. The standard InChI is InChI=1S/C15H25NOS/c1-10(2)15(14-9-11(3)18-12(14)4)16-13-5-7-17-8-6-13/h9-10,13,15-16H,5-8H2,1-4H3. The van der Waals surface area contributed by atoms with Gasteiger partial charge in [-0.25, -0.2) is 0 Å². The van der Waals surface area contributed by atoms with E-state index in [1.165, 1.54) is 15.3 Å². The number of nitrogens with one attached hydrogen (secondary N) is 1. The Bertz CT molecular complexity index is 380. The van der Waals surface area contributed by atoms with Gasteiger partial charge < -0.3 is 10.1 Å². The predicted molar refractivity (Wildman–Crippen MR) is 78.3 cm³/mol. The highest BCUT2D eigenvalue weighted by Gasteiger charge is 2.23. The first-order chi connectivity index (χ1) is 8.58. The lowest BCUT2D eigenvalue weighted by atomic mass is 9.94. The maximum atomic E-state index is 5.44. The molecule has 0 radical (unpaired) electrons. The number of hydrogen-bond acceptors (Lipinski definition) is 3. The highest BCUT2D eigenvalue weighted by atomic mass is 32.1. The third-order valence-electron chi connectivity index (χ3n) is 3.72. The molecule has 0 amide bonds. The molecule has 2 rings (SSSR count). The van der Waals surface area contributed by atoms with E-state index in [4.69, 9.17) is 4.74 Å². The Morgan fingerprint density at radius 3 is 2.44 bits per heavy atom. The van der Waals surface area contributed by atoms with Gasteiger partial charge in [-0.2, -0.15) is 0 Å². The number of thiophene rings is 1. The Labute approximate surface area is 115 Å². The minimum atomic E-state index is 0.484. The molecule has 0 spiro atoms. The summed E-state index contributed by atoms with van der Waals surface area (Å²) in [5.41, 5.74) is 1.50. The molecule has 1 aliphatic rings. The molecule has 1 fully saturated rings. The summed E-state index contributed by atoms with van der Waals surface area (Å²) in [7, 11) is 0. The van der Waals surface area contributed by atoms with Crippen LogP contribution in [0, 0.1) is 19.8 Å². The van der Waals surface area contributed by atoms with Gasteiger partial charge in [0.05, 0.1) is 0 Å². The molecule has 2 heterocycles. The van der Waals surface area contributed by atoms with E-state index in [0.717, 1.165) is 26.1 Å². The van der Waals surface area contributed by atoms with Crippen LogP contribution in [0.3, 0.4) is 0 Å². The Kier molecular flexibility index (Phi) is 4.82. The van der Waals surface area contributed by atoms with Crippen LogP contribution in [0.15, 0.2) is 6.07 Å². The maximum absolute atomic E-state index is 5.44. The van der Waals surface area contributed by atoms with Crippen molar-refractivity contribution in [3.05, 3.63) is 21.4 Å². The molecule has 1 saturated heterocycles. The average molecular weight is 267 g/mol. The van der Waals surface area contributed by atoms with Crippen molar-refractivity contribution in [2.75, 3.05) is 13.2 Å². The Hall–Kier alpha value is -0.380. The van der Waals surface area contributed by atoms with Crippen LogP contribution in [-0.2, 0) is 4.74 Å². The minimum absolute atomic E-state index is 0.484. The summed E-state index contributed by atoms with van der Waals surface area (Å²) in [6.45, 7) is 10.9. The van der Waals surface area contributed by atoms with Gasteiger partial charge in [0, 0.05) is 35.1 Å². The van der Waals surface area contributed by atoms with Gasteiger partial charge in [0.25, 0.3) is 0 Å². The van der Waals surface area contributed by atoms with Crippen molar-refractivity contribution in [2.24, 2.45) is 5.92 Å². The highest BCUT2D eigenvalue weighted by Crippen LogP contribution is 2.31. The van der Waals surface area contributed by atoms with E-state index in [-0.39, 0.29) is 0 Å². The normalized spacial score (nSPS) is 19.4. The molecule has 1 aromatic heterocycles. The van der Waals surface area contributed by atoms with Crippen LogP contribution in [-0.4, -0.2) is 19.3 Å².